The summed E-state index contributed by atoms with van der Waals surface area (Å²) in [7, 11) is 0. The van der Waals surface area contributed by atoms with Crippen LogP contribution in [0.4, 0.5) is 0 Å². The molecule has 5 aromatic rings. The van der Waals surface area contributed by atoms with Gasteiger partial charge < -0.3 is 0 Å². The summed E-state index contributed by atoms with van der Waals surface area (Å²) in [6.07, 6.45) is 0. The number of benzene rings is 4. The van der Waals surface area contributed by atoms with Crippen LogP contribution in [0.25, 0.3) is 45.0 Å². The van der Waals surface area contributed by atoms with Crippen LogP contribution in [0.3, 0.4) is 0 Å². The Kier molecular flexibility index (Phi) is 5.46. The van der Waals surface area contributed by atoms with Crippen LogP contribution < -0.4 is 0 Å². The molecule has 1 heterocycles. The average Bonchev–Trinajstić information content (AvgIpc) is 3.10. The third kappa shape index (κ3) is 3.95. The molecule has 1 aromatic heterocycles. The zero-order valence-electron chi connectivity index (χ0n) is 19.4. The maximum absolute atomic E-state index is 5.03. The summed E-state index contributed by atoms with van der Waals surface area (Å²) in [4.78, 5) is 9.99. The maximum atomic E-state index is 5.03. The van der Waals surface area contributed by atoms with E-state index in [0.29, 0.717) is 0 Å². The second-order valence-electron chi connectivity index (χ2n) is 9.42. The van der Waals surface area contributed by atoms with Crippen molar-refractivity contribution in [1.29, 1.82) is 0 Å². The smallest absolute Gasteiger partial charge is 0.160 e. The van der Waals surface area contributed by atoms with Gasteiger partial charge in [-0.05, 0) is 52.6 Å². The van der Waals surface area contributed by atoms with Gasteiger partial charge in [-0.25, -0.2) is 9.97 Å². The molecule has 0 fully saturated rings. The highest BCUT2D eigenvalue weighted by Gasteiger charge is 2.35. The van der Waals surface area contributed by atoms with Gasteiger partial charge in [-0.3, -0.25) is 0 Å². The highest BCUT2D eigenvalue weighted by atomic mass is 79.9. The molecule has 0 aliphatic heterocycles. The number of hydrogen-bond donors (Lipinski definition) is 0. The molecular weight excluding hydrogens is 560 g/mol. The van der Waals surface area contributed by atoms with Crippen molar-refractivity contribution in [3.8, 4) is 45.0 Å². The molecule has 0 spiro atoms. The summed E-state index contributed by atoms with van der Waals surface area (Å²) in [5.74, 6) is 0.720. The monoisotopic (exact) mass is 580 g/mol. The van der Waals surface area contributed by atoms with Gasteiger partial charge in [0.2, 0.25) is 0 Å². The number of nitrogens with zero attached hydrogens (tertiary/aromatic N) is 2. The summed E-state index contributed by atoms with van der Waals surface area (Å²) in [6.45, 7) is 4.61. The van der Waals surface area contributed by atoms with Crippen LogP contribution in [0.2, 0.25) is 0 Å². The first-order chi connectivity index (χ1) is 16.9. The molecule has 0 bridgehead atoms. The topological polar surface area (TPSA) is 25.8 Å². The Morgan fingerprint density at radius 1 is 0.543 bits per heavy atom. The molecule has 4 aromatic carbocycles. The minimum Gasteiger partial charge on any atom is -0.228 e. The summed E-state index contributed by atoms with van der Waals surface area (Å²) in [5.41, 5.74) is 10.2. The lowest BCUT2D eigenvalue weighted by Crippen LogP contribution is -2.14. The zero-order chi connectivity index (χ0) is 24.2. The van der Waals surface area contributed by atoms with Crippen LogP contribution in [-0.2, 0) is 5.41 Å². The van der Waals surface area contributed by atoms with Gasteiger partial charge in [-0.15, -0.1) is 0 Å². The van der Waals surface area contributed by atoms with Crippen LogP contribution in [0, 0.1) is 0 Å². The summed E-state index contributed by atoms with van der Waals surface area (Å²) in [6, 6.07) is 34.0. The van der Waals surface area contributed by atoms with Crippen molar-refractivity contribution in [2.45, 2.75) is 19.3 Å². The van der Waals surface area contributed by atoms with Crippen molar-refractivity contribution >= 4 is 31.9 Å². The first-order valence-corrected chi connectivity index (χ1v) is 13.1. The first-order valence-electron chi connectivity index (χ1n) is 11.6. The predicted octanol–water partition coefficient (Wildman–Crippen LogP) is 9.31. The van der Waals surface area contributed by atoms with Gasteiger partial charge in [0, 0.05) is 31.1 Å². The lowest BCUT2D eigenvalue weighted by atomic mass is 9.82. The first kappa shape index (κ1) is 22.4. The van der Waals surface area contributed by atoms with Crippen molar-refractivity contribution in [3.63, 3.8) is 0 Å². The molecule has 35 heavy (non-hydrogen) atoms. The van der Waals surface area contributed by atoms with Gasteiger partial charge in [-0.2, -0.15) is 0 Å². The zero-order valence-corrected chi connectivity index (χ0v) is 22.6. The largest absolute Gasteiger partial charge is 0.228 e. The Morgan fingerprint density at radius 2 is 1.17 bits per heavy atom. The van der Waals surface area contributed by atoms with Gasteiger partial charge in [0.1, 0.15) is 0 Å². The number of aromatic nitrogens is 2. The van der Waals surface area contributed by atoms with E-state index < -0.39 is 0 Å². The van der Waals surface area contributed by atoms with Crippen molar-refractivity contribution < 1.29 is 0 Å². The molecule has 6 rings (SSSR count). The fourth-order valence-electron chi connectivity index (χ4n) is 5.02. The minimum atomic E-state index is -0.0603. The Morgan fingerprint density at radius 3 is 1.91 bits per heavy atom. The lowest BCUT2D eigenvalue weighted by molar-refractivity contribution is 0.660. The van der Waals surface area contributed by atoms with Crippen LogP contribution in [-0.4, -0.2) is 9.97 Å². The molecule has 0 radical (unpaired) electrons. The molecule has 0 atom stereocenters. The number of fused-ring (bicyclic) bond motifs is 3. The van der Waals surface area contributed by atoms with Gasteiger partial charge in [0.15, 0.2) is 5.82 Å². The minimum absolute atomic E-state index is 0.0603. The van der Waals surface area contributed by atoms with Crippen molar-refractivity contribution in [2.75, 3.05) is 0 Å². The highest BCUT2D eigenvalue weighted by molar-refractivity contribution is 9.11. The van der Waals surface area contributed by atoms with E-state index in [-0.39, 0.29) is 5.41 Å². The van der Waals surface area contributed by atoms with E-state index >= 15 is 0 Å². The van der Waals surface area contributed by atoms with E-state index in [1.54, 1.807) is 0 Å². The third-order valence-electron chi connectivity index (χ3n) is 6.80. The van der Waals surface area contributed by atoms with Gasteiger partial charge in [0.05, 0.1) is 11.4 Å². The normalized spacial score (nSPS) is 13.4. The van der Waals surface area contributed by atoms with Crippen molar-refractivity contribution in [1.82, 2.24) is 9.97 Å². The average molecular weight is 582 g/mol. The van der Waals surface area contributed by atoms with E-state index in [0.717, 1.165) is 42.8 Å². The van der Waals surface area contributed by atoms with E-state index in [1.165, 1.54) is 22.3 Å². The molecule has 2 nitrogen and oxygen atoms in total. The number of halogens is 2. The Labute approximate surface area is 222 Å². The van der Waals surface area contributed by atoms with Crippen LogP contribution >= 0.6 is 31.9 Å². The molecule has 170 valence electrons. The number of hydrogen-bond acceptors (Lipinski definition) is 2. The van der Waals surface area contributed by atoms with E-state index in [9.17, 15) is 0 Å². The lowest BCUT2D eigenvalue weighted by Gasteiger charge is -2.22. The SMILES string of the molecule is CC1(C)c2ccccc2-c2ccc(-c3cc(-c4cc(Br)cc(Br)c4)nc(-c4ccccc4)n3)cc21. The van der Waals surface area contributed by atoms with Crippen LogP contribution in [0.5, 0.6) is 0 Å². The molecule has 0 unspecified atom stereocenters. The molecule has 0 saturated heterocycles. The van der Waals surface area contributed by atoms with Gasteiger partial charge in [0.25, 0.3) is 0 Å². The fraction of sp³-hybridized carbons (Fsp3) is 0.0968. The molecule has 4 heteroatoms. The van der Waals surface area contributed by atoms with Crippen LogP contribution in [0.1, 0.15) is 25.0 Å². The Balaban J connectivity index is 1.55. The molecular formula is C31H22Br2N2. The van der Waals surface area contributed by atoms with Crippen molar-refractivity contribution in [3.05, 3.63) is 117 Å². The van der Waals surface area contributed by atoms with Crippen molar-refractivity contribution in [2.24, 2.45) is 0 Å². The summed E-state index contributed by atoms with van der Waals surface area (Å²) >= 11 is 7.25. The molecule has 1 aliphatic carbocycles. The third-order valence-corrected chi connectivity index (χ3v) is 7.71. The summed E-state index contributed by atoms with van der Waals surface area (Å²) in [5, 5.41) is 0. The van der Waals surface area contributed by atoms with E-state index in [1.807, 2.05) is 24.3 Å². The maximum Gasteiger partial charge on any atom is 0.160 e. The second kappa shape index (κ2) is 8.54. The predicted molar refractivity (Wildman–Crippen MR) is 151 cm³/mol. The fourth-order valence-corrected chi connectivity index (χ4v) is 6.32. The number of rotatable bonds is 3. The highest BCUT2D eigenvalue weighted by Crippen LogP contribution is 2.49. The van der Waals surface area contributed by atoms with Crippen LogP contribution in [0.15, 0.2) is 106 Å². The van der Waals surface area contributed by atoms with Gasteiger partial charge in [-0.1, -0.05) is 112 Å². The molecule has 0 saturated carbocycles. The second-order valence-corrected chi connectivity index (χ2v) is 11.2. The summed E-state index contributed by atoms with van der Waals surface area (Å²) < 4.78 is 2.00. The Hall–Kier alpha value is -3.08. The van der Waals surface area contributed by atoms with E-state index in [2.05, 4.69) is 119 Å². The van der Waals surface area contributed by atoms with Gasteiger partial charge >= 0.3 is 0 Å². The molecule has 1 aliphatic rings. The Bertz CT molecular complexity index is 1570. The van der Waals surface area contributed by atoms with E-state index in [4.69, 9.17) is 9.97 Å². The quantitative estimate of drug-likeness (QED) is 0.212. The standard InChI is InChI=1S/C31H22Br2N2/c1-31(2)26-11-7-6-10-24(26)25-13-12-20(16-27(25)31)28-18-29(21-14-22(32)17-23(33)15-21)35-30(34-28)19-8-4-3-5-9-19/h3-18H,1-2H3. The molecule has 0 N–H and O–H groups in total. The molecule has 0 amide bonds.